The maximum atomic E-state index is 15.4. The molecule has 0 radical (unpaired) electrons. The molecule has 48 heavy (non-hydrogen) atoms. The Labute approximate surface area is 273 Å². The van der Waals surface area contributed by atoms with Crippen molar-refractivity contribution in [3.63, 3.8) is 0 Å². The van der Waals surface area contributed by atoms with Crippen LogP contribution < -0.4 is 15.6 Å². The second kappa shape index (κ2) is 13.2. The Morgan fingerprint density at radius 3 is 2.29 bits per heavy atom. The van der Waals surface area contributed by atoms with Gasteiger partial charge in [-0.05, 0) is 87.0 Å². The quantitative estimate of drug-likeness (QED) is 0.185. The Kier molecular flexibility index (Phi) is 9.27. The summed E-state index contributed by atoms with van der Waals surface area (Å²) in [4.78, 5) is 26.7. The van der Waals surface area contributed by atoms with Crippen molar-refractivity contribution in [1.82, 2.24) is 24.5 Å². The molecule has 0 fully saturated rings. The Morgan fingerprint density at radius 2 is 1.67 bits per heavy atom. The van der Waals surface area contributed by atoms with E-state index in [2.05, 4.69) is 20.6 Å². The fourth-order valence-electron chi connectivity index (χ4n) is 5.17. The molecule has 12 nitrogen and oxygen atoms in total. The van der Waals surface area contributed by atoms with Gasteiger partial charge in [-0.15, -0.1) is 0 Å². The number of amides is 1. The lowest BCUT2D eigenvalue weighted by Gasteiger charge is -2.15. The molecule has 0 bridgehead atoms. The molecule has 3 N–H and O–H groups in total. The fourth-order valence-corrected chi connectivity index (χ4v) is 5.17. The lowest BCUT2D eigenvalue weighted by Crippen LogP contribution is -2.31. The van der Waals surface area contributed by atoms with E-state index in [0.29, 0.717) is 34.5 Å². The molecular formula is C33H30F2N6O6S. The van der Waals surface area contributed by atoms with Gasteiger partial charge in [-0.2, -0.15) is 18.6 Å². The van der Waals surface area contributed by atoms with Crippen LogP contribution in [0.2, 0.25) is 0 Å². The van der Waals surface area contributed by atoms with Crippen LogP contribution in [0.1, 0.15) is 27.3 Å². The van der Waals surface area contributed by atoms with E-state index in [0.717, 1.165) is 28.4 Å². The Morgan fingerprint density at radius 1 is 0.979 bits per heavy atom. The maximum absolute atomic E-state index is 15.4. The van der Waals surface area contributed by atoms with Crippen LogP contribution in [0.3, 0.4) is 0 Å². The second-order valence-corrected chi connectivity index (χ2v) is 12.5. The first-order valence-electron chi connectivity index (χ1n) is 14.3. The summed E-state index contributed by atoms with van der Waals surface area (Å²) in [5, 5.41) is 14.8. The average molecular weight is 677 g/mol. The third-order valence-corrected chi connectivity index (χ3v) is 7.13. The van der Waals surface area contributed by atoms with Gasteiger partial charge < -0.3 is 10.1 Å². The van der Waals surface area contributed by atoms with Gasteiger partial charge in [-0.25, -0.2) is 8.78 Å². The number of H-pyrrole nitrogens is 1. The van der Waals surface area contributed by atoms with E-state index in [-0.39, 0.29) is 17.0 Å². The van der Waals surface area contributed by atoms with Gasteiger partial charge in [-0.3, -0.25) is 28.5 Å². The summed E-state index contributed by atoms with van der Waals surface area (Å²) in [5.41, 5.74) is 3.94. The number of carbonyl (C=O) groups is 1. The molecule has 3 heterocycles. The highest BCUT2D eigenvalue weighted by atomic mass is 32.2. The summed E-state index contributed by atoms with van der Waals surface area (Å²) in [6.45, 7) is 5.24. The number of nitrogens with one attached hydrogen (secondary N) is 2. The van der Waals surface area contributed by atoms with Gasteiger partial charge in [0.15, 0.2) is 11.6 Å². The summed E-state index contributed by atoms with van der Waals surface area (Å²) in [6, 6.07) is 16.6. The van der Waals surface area contributed by atoms with Crippen molar-refractivity contribution in [1.29, 1.82) is 0 Å². The molecule has 6 rings (SSSR count). The Balaban J connectivity index is 0.000000840. The highest BCUT2D eigenvalue weighted by molar-refractivity contribution is 7.85. The minimum absolute atomic E-state index is 0.0637. The first kappa shape index (κ1) is 33.7. The number of hydrogen-bond donors (Lipinski definition) is 3. The van der Waals surface area contributed by atoms with Crippen molar-refractivity contribution in [2.45, 2.75) is 20.8 Å². The van der Waals surface area contributed by atoms with Gasteiger partial charge in [0, 0.05) is 41.1 Å². The number of anilines is 1. The van der Waals surface area contributed by atoms with Gasteiger partial charge in [0.2, 0.25) is 0 Å². The number of rotatable bonds is 6. The minimum atomic E-state index is -3.67. The van der Waals surface area contributed by atoms with Crippen LogP contribution in [0.15, 0.2) is 77.7 Å². The number of pyridine rings is 1. The monoisotopic (exact) mass is 676 g/mol. The zero-order chi connectivity index (χ0) is 34.9. The molecule has 0 saturated carbocycles. The SMILES string of the molecule is CS(=O)(=O)O.Cc1cc(-c2cc3[nH]ncc3cc2Oc2ccc(NC(=O)c3c(C)cc(C)n(-c4ccc(F)cc4)c3=O)cc2F)n(C)n1. The summed E-state index contributed by atoms with van der Waals surface area (Å²) < 4.78 is 63.8. The van der Waals surface area contributed by atoms with Crippen LogP contribution in [-0.2, 0) is 17.2 Å². The number of halogens is 2. The molecule has 0 aliphatic rings. The molecule has 0 aliphatic heterocycles. The number of aromatic nitrogens is 5. The fraction of sp³-hybridized carbons (Fsp3) is 0.152. The maximum Gasteiger partial charge on any atom is 0.268 e. The third-order valence-electron chi connectivity index (χ3n) is 7.13. The highest BCUT2D eigenvalue weighted by Crippen LogP contribution is 2.37. The van der Waals surface area contributed by atoms with Crippen molar-refractivity contribution in [3.8, 4) is 28.4 Å². The molecule has 0 spiro atoms. The number of benzene rings is 3. The van der Waals surface area contributed by atoms with Crippen LogP contribution in [0.5, 0.6) is 11.5 Å². The summed E-state index contributed by atoms with van der Waals surface area (Å²) >= 11 is 0. The first-order valence-corrected chi connectivity index (χ1v) is 16.1. The molecule has 3 aromatic carbocycles. The van der Waals surface area contributed by atoms with Crippen LogP contribution in [-0.4, -0.2) is 49.7 Å². The number of ether oxygens (including phenoxy) is 1. The molecule has 3 aromatic heterocycles. The Hall–Kier alpha value is -5.67. The number of hydrogen-bond acceptors (Lipinski definition) is 7. The van der Waals surface area contributed by atoms with Gasteiger partial charge in [0.1, 0.15) is 17.1 Å². The predicted molar refractivity (Wildman–Crippen MR) is 176 cm³/mol. The van der Waals surface area contributed by atoms with E-state index in [1.807, 2.05) is 26.1 Å². The van der Waals surface area contributed by atoms with E-state index in [9.17, 15) is 22.4 Å². The molecule has 0 atom stereocenters. The third kappa shape index (κ3) is 7.48. The summed E-state index contributed by atoms with van der Waals surface area (Å²) in [7, 11) is -1.86. The minimum Gasteiger partial charge on any atom is -0.454 e. The van der Waals surface area contributed by atoms with Crippen molar-refractivity contribution in [3.05, 3.63) is 117 Å². The molecule has 15 heteroatoms. The van der Waals surface area contributed by atoms with Crippen molar-refractivity contribution >= 4 is 32.6 Å². The van der Waals surface area contributed by atoms with E-state index in [1.54, 1.807) is 36.9 Å². The Bertz CT molecular complexity index is 2340. The number of fused-ring (bicyclic) bond motifs is 1. The first-order chi connectivity index (χ1) is 22.6. The topological polar surface area (TPSA) is 161 Å². The number of carbonyl (C=O) groups excluding carboxylic acids is 1. The molecule has 248 valence electrons. The van der Waals surface area contributed by atoms with Gasteiger partial charge >= 0.3 is 0 Å². The average Bonchev–Trinajstić information content (AvgIpc) is 3.58. The number of aryl methyl sites for hydroxylation is 4. The predicted octanol–water partition coefficient (Wildman–Crippen LogP) is 5.87. The van der Waals surface area contributed by atoms with Crippen molar-refractivity contribution in [2.75, 3.05) is 11.6 Å². The van der Waals surface area contributed by atoms with E-state index in [4.69, 9.17) is 9.29 Å². The van der Waals surface area contributed by atoms with Gasteiger partial charge in [0.05, 0.1) is 29.4 Å². The number of nitrogens with zero attached hydrogens (tertiary/aromatic N) is 4. The largest absolute Gasteiger partial charge is 0.454 e. The molecular weight excluding hydrogens is 646 g/mol. The molecule has 0 unspecified atom stereocenters. The zero-order valence-electron chi connectivity index (χ0n) is 26.4. The van der Waals surface area contributed by atoms with Crippen LogP contribution in [0.25, 0.3) is 27.8 Å². The van der Waals surface area contributed by atoms with Crippen molar-refractivity contribution in [2.24, 2.45) is 7.05 Å². The van der Waals surface area contributed by atoms with E-state index in [1.165, 1.54) is 41.0 Å². The molecule has 0 aliphatic carbocycles. The normalized spacial score (nSPS) is 11.2. The van der Waals surface area contributed by atoms with Crippen LogP contribution >= 0.6 is 0 Å². The van der Waals surface area contributed by atoms with E-state index >= 15 is 4.39 Å². The van der Waals surface area contributed by atoms with Crippen LogP contribution in [0, 0.1) is 32.4 Å². The lowest BCUT2D eigenvalue weighted by atomic mass is 10.1. The standard InChI is InChI=1S/C32H26F2N6O3.CH4O3S/c1-17-11-19(3)40(23-8-5-21(33)6-9-23)32(42)30(17)31(41)36-22-7-10-28(25(34)14-22)43-29-13-20-16-35-37-26(20)15-24(29)27-12-18(2)38-39(27)4;1-5(2,3)4/h5-16H,1-4H3,(H,35,37)(H,36,41);1H3,(H,2,3,4). The summed E-state index contributed by atoms with van der Waals surface area (Å²) in [5.74, 6) is -1.54. The molecule has 1 amide bonds. The zero-order valence-corrected chi connectivity index (χ0v) is 27.2. The lowest BCUT2D eigenvalue weighted by molar-refractivity contribution is 0.102. The van der Waals surface area contributed by atoms with E-state index < -0.39 is 33.2 Å². The molecule has 0 saturated heterocycles. The highest BCUT2D eigenvalue weighted by Gasteiger charge is 2.20. The van der Waals surface area contributed by atoms with Gasteiger partial charge in [-0.1, -0.05) is 0 Å². The summed E-state index contributed by atoms with van der Waals surface area (Å²) in [6.07, 6.45) is 2.36. The number of aromatic amines is 1. The van der Waals surface area contributed by atoms with Gasteiger partial charge in [0.25, 0.3) is 21.6 Å². The van der Waals surface area contributed by atoms with Crippen molar-refractivity contribution < 1.29 is 31.3 Å². The van der Waals surface area contributed by atoms with Crippen LogP contribution in [0.4, 0.5) is 14.5 Å². The molecule has 6 aromatic rings. The smallest absolute Gasteiger partial charge is 0.268 e. The second-order valence-electron chi connectivity index (χ2n) is 11.0.